The van der Waals surface area contributed by atoms with Crippen LogP contribution < -0.4 is 15.4 Å². The van der Waals surface area contributed by atoms with Crippen LogP contribution in [0.2, 0.25) is 0 Å². The summed E-state index contributed by atoms with van der Waals surface area (Å²) in [7, 11) is 1.67. The summed E-state index contributed by atoms with van der Waals surface area (Å²) in [6, 6.07) is 5.85. The van der Waals surface area contributed by atoms with Gasteiger partial charge in [0, 0.05) is 6.54 Å². The van der Waals surface area contributed by atoms with Crippen molar-refractivity contribution in [3.63, 3.8) is 0 Å². The molecular weight excluding hydrogens is 280 g/mol. The molecule has 5 nitrogen and oxygen atoms in total. The minimum absolute atomic E-state index is 0.0390. The molecule has 1 aliphatic rings. The van der Waals surface area contributed by atoms with Crippen LogP contribution in [-0.2, 0) is 6.42 Å². The van der Waals surface area contributed by atoms with Crippen LogP contribution in [0.1, 0.15) is 43.9 Å². The van der Waals surface area contributed by atoms with Crippen molar-refractivity contribution in [1.29, 1.82) is 0 Å². The van der Waals surface area contributed by atoms with Crippen molar-refractivity contribution in [2.45, 2.75) is 45.3 Å². The first-order chi connectivity index (χ1) is 10.5. The zero-order chi connectivity index (χ0) is 16.1. The highest BCUT2D eigenvalue weighted by molar-refractivity contribution is 5.74. The Bertz CT molecular complexity index is 517. The van der Waals surface area contributed by atoms with Gasteiger partial charge in [-0.3, -0.25) is 0 Å². The van der Waals surface area contributed by atoms with Crippen molar-refractivity contribution in [2.24, 2.45) is 5.92 Å². The molecule has 22 heavy (non-hydrogen) atoms. The van der Waals surface area contributed by atoms with Gasteiger partial charge in [-0.05, 0) is 49.3 Å². The lowest BCUT2D eigenvalue weighted by Crippen LogP contribution is -2.39. The number of amides is 2. The third-order valence-electron chi connectivity index (χ3n) is 4.11. The number of nitrogens with one attached hydrogen (secondary N) is 2. The highest BCUT2D eigenvalue weighted by Crippen LogP contribution is 2.36. The lowest BCUT2D eigenvalue weighted by molar-refractivity contribution is 0.163. The number of carbonyl (C=O) groups excluding carboxylic acids is 1. The van der Waals surface area contributed by atoms with Crippen LogP contribution in [0.25, 0.3) is 0 Å². The second kappa shape index (κ2) is 7.49. The van der Waals surface area contributed by atoms with E-state index in [0.29, 0.717) is 13.0 Å². The third kappa shape index (κ3) is 4.13. The molecule has 0 heterocycles. The summed E-state index contributed by atoms with van der Waals surface area (Å²) in [6.07, 6.45) is 2.16. The monoisotopic (exact) mass is 306 g/mol. The zero-order valence-corrected chi connectivity index (χ0v) is 13.6. The SMILES string of the molecule is COc1cccc2c1CCC2NC(=O)NCC(C)CC(C)O. The molecule has 0 bridgehead atoms. The van der Waals surface area contributed by atoms with Gasteiger partial charge in [0.2, 0.25) is 0 Å². The van der Waals surface area contributed by atoms with E-state index < -0.39 is 0 Å². The first-order valence-electron chi connectivity index (χ1n) is 7.89. The molecule has 0 spiro atoms. The highest BCUT2D eigenvalue weighted by atomic mass is 16.5. The number of benzene rings is 1. The number of rotatable bonds is 6. The Hall–Kier alpha value is -1.75. The number of aliphatic hydroxyl groups is 1. The first kappa shape index (κ1) is 16.6. The molecule has 0 saturated heterocycles. The molecule has 0 aliphatic heterocycles. The molecule has 5 heteroatoms. The Kier molecular flexibility index (Phi) is 5.66. The minimum atomic E-state index is -0.339. The summed E-state index contributed by atoms with van der Waals surface area (Å²) < 4.78 is 5.37. The molecule has 1 aromatic rings. The van der Waals surface area contributed by atoms with E-state index in [2.05, 4.69) is 10.6 Å². The summed E-state index contributed by atoms with van der Waals surface area (Å²) in [5, 5.41) is 15.2. The van der Waals surface area contributed by atoms with Crippen molar-refractivity contribution >= 4 is 6.03 Å². The normalized spacial score (nSPS) is 19.2. The largest absolute Gasteiger partial charge is 0.496 e. The molecule has 2 rings (SSSR count). The van der Waals surface area contributed by atoms with Crippen LogP contribution in [0.15, 0.2) is 18.2 Å². The summed E-state index contributed by atoms with van der Waals surface area (Å²) in [6.45, 7) is 4.34. The molecule has 3 N–H and O–H groups in total. The van der Waals surface area contributed by atoms with Gasteiger partial charge in [0.15, 0.2) is 0 Å². The summed E-state index contributed by atoms with van der Waals surface area (Å²) in [5.74, 6) is 1.15. The lowest BCUT2D eigenvalue weighted by atomic mass is 10.1. The molecule has 1 aromatic carbocycles. The first-order valence-corrected chi connectivity index (χ1v) is 7.89. The number of ether oxygens (including phenoxy) is 1. The van der Waals surface area contributed by atoms with Crippen molar-refractivity contribution in [3.05, 3.63) is 29.3 Å². The van der Waals surface area contributed by atoms with E-state index in [1.807, 2.05) is 25.1 Å². The number of hydrogen-bond acceptors (Lipinski definition) is 3. The average molecular weight is 306 g/mol. The van der Waals surface area contributed by atoms with Crippen LogP contribution in [-0.4, -0.2) is 30.9 Å². The Morgan fingerprint density at radius 3 is 2.91 bits per heavy atom. The number of fused-ring (bicyclic) bond motifs is 1. The second-order valence-electron chi connectivity index (χ2n) is 6.16. The number of methoxy groups -OCH3 is 1. The van der Waals surface area contributed by atoms with E-state index >= 15 is 0 Å². The lowest BCUT2D eigenvalue weighted by Gasteiger charge is -2.18. The topological polar surface area (TPSA) is 70.6 Å². The Balaban J connectivity index is 1.87. The molecule has 0 saturated carbocycles. The van der Waals surface area contributed by atoms with Gasteiger partial charge in [-0.15, -0.1) is 0 Å². The Morgan fingerprint density at radius 1 is 1.45 bits per heavy atom. The van der Waals surface area contributed by atoms with Gasteiger partial charge >= 0.3 is 6.03 Å². The predicted octanol–water partition coefficient (Wildman–Crippen LogP) is 2.39. The van der Waals surface area contributed by atoms with Crippen LogP contribution in [0.5, 0.6) is 5.75 Å². The highest BCUT2D eigenvalue weighted by Gasteiger charge is 2.26. The minimum Gasteiger partial charge on any atom is -0.496 e. The fraction of sp³-hybridized carbons (Fsp3) is 0.588. The maximum Gasteiger partial charge on any atom is 0.315 e. The van der Waals surface area contributed by atoms with E-state index in [1.54, 1.807) is 14.0 Å². The fourth-order valence-electron chi connectivity index (χ4n) is 3.10. The Labute approximate surface area is 132 Å². The van der Waals surface area contributed by atoms with Crippen molar-refractivity contribution < 1.29 is 14.6 Å². The molecule has 3 unspecified atom stereocenters. The van der Waals surface area contributed by atoms with E-state index in [-0.39, 0.29) is 24.1 Å². The fourth-order valence-corrected chi connectivity index (χ4v) is 3.10. The Morgan fingerprint density at radius 2 is 2.23 bits per heavy atom. The van der Waals surface area contributed by atoms with E-state index in [9.17, 15) is 9.90 Å². The molecule has 0 fully saturated rings. The quantitative estimate of drug-likeness (QED) is 0.756. The summed E-state index contributed by atoms with van der Waals surface area (Å²) in [4.78, 5) is 12.0. The van der Waals surface area contributed by atoms with Gasteiger partial charge in [0.05, 0.1) is 19.3 Å². The van der Waals surface area contributed by atoms with Gasteiger partial charge in [-0.1, -0.05) is 19.1 Å². The summed E-state index contributed by atoms with van der Waals surface area (Å²) in [5.41, 5.74) is 2.34. The van der Waals surface area contributed by atoms with Crippen LogP contribution >= 0.6 is 0 Å². The van der Waals surface area contributed by atoms with Gasteiger partial charge in [0.25, 0.3) is 0 Å². The van der Waals surface area contributed by atoms with Gasteiger partial charge < -0.3 is 20.5 Å². The van der Waals surface area contributed by atoms with Gasteiger partial charge in [-0.2, -0.15) is 0 Å². The number of hydrogen-bond donors (Lipinski definition) is 3. The van der Waals surface area contributed by atoms with Crippen molar-refractivity contribution in [2.75, 3.05) is 13.7 Å². The maximum atomic E-state index is 12.0. The van der Waals surface area contributed by atoms with Crippen molar-refractivity contribution in [1.82, 2.24) is 10.6 Å². The maximum absolute atomic E-state index is 12.0. The molecule has 1 aliphatic carbocycles. The van der Waals surface area contributed by atoms with Gasteiger partial charge in [-0.25, -0.2) is 4.79 Å². The zero-order valence-electron chi connectivity index (χ0n) is 13.6. The molecular formula is C17H26N2O3. The molecule has 2 amide bonds. The number of carbonyl (C=O) groups is 1. The second-order valence-corrected chi connectivity index (χ2v) is 6.16. The van der Waals surface area contributed by atoms with Crippen molar-refractivity contribution in [3.8, 4) is 5.75 Å². The molecule has 0 aromatic heterocycles. The third-order valence-corrected chi connectivity index (χ3v) is 4.11. The standard InChI is InChI=1S/C17H26N2O3/c1-11(9-12(2)20)10-18-17(21)19-15-8-7-14-13(15)5-4-6-16(14)22-3/h4-6,11-12,15,20H,7-10H2,1-3H3,(H2,18,19,21). The van der Waals surface area contributed by atoms with E-state index in [0.717, 1.165) is 24.2 Å². The van der Waals surface area contributed by atoms with Crippen LogP contribution in [0, 0.1) is 5.92 Å². The van der Waals surface area contributed by atoms with E-state index in [1.165, 1.54) is 5.56 Å². The molecule has 3 atom stereocenters. The number of urea groups is 1. The smallest absolute Gasteiger partial charge is 0.315 e. The molecule has 0 radical (unpaired) electrons. The summed E-state index contributed by atoms with van der Waals surface area (Å²) >= 11 is 0. The predicted molar refractivity (Wildman–Crippen MR) is 86.1 cm³/mol. The average Bonchev–Trinajstić information content (AvgIpc) is 2.87. The van der Waals surface area contributed by atoms with Gasteiger partial charge in [0.1, 0.15) is 5.75 Å². The van der Waals surface area contributed by atoms with E-state index in [4.69, 9.17) is 4.74 Å². The molecule has 122 valence electrons. The van der Waals surface area contributed by atoms with Crippen LogP contribution in [0.3, 0.4) is 0 Å². The number of aliphatic hydroxyl groups excluding tert-OH is 1. The van der Waals surface area contributed by atoms with Crippen LogP contribution in [0.4, 0.5) is 4.79 Å².